The zero-order valence-corrected chi connectivity index (χ0v) is 12.3. The maximum Gasteiger partial charge on any atom is 0.220 e. The first-order valence-corrected chi connectivity index (χ1v) is 7.70. The molecule has 2 aromatic heterocycles. The van der Waals surface area contributed by atoms with E-state index in [9.17, 15) is 0 Å². The van der Waals surface area contributed by atoms with Gasteiger partial charge in [-0.15, -0.1) is 0 Å². The first-order valence-electron chi connectivity index (χ1n) is 7.70. The van der Waals surface area contributed by atoms with Gasteiger partial charge in [0, 0.05) is 18.2 Å². The van der Waals surface area contributed by atoms with Crippen LogP contribution in [0.15, 0.2) is 42.6 Å². The lowest BCUT2D eigenvalue weighted by Crippen LogP contribution is -2.31. The van der Waals surface area contributed by atoms with Crippen LogP contribution in [0, 0.1) is 0 Å². The number of benzene rings is 1. The quantitative estimate of drug-likeness (QED) is 0.679. The topological polar surface area (TPSA) is 79.6 Å². The van der Waals surface area contributed by atoms with Crippen LogP contribution in [0.5, 0.6) is 0 Å². The summed E-state index contributed by atoms with van der Waals surface area (Å²) in [5.41, 5.74) is 10.2. The molecule has 0 spiro atoms. The number of fused-ring (bicyclic) bond motifs is 1. The molecule has 3 aromatic rings. The second kappa shape index (κ2) is 5.42. The first kappa shape index (κ1) is 13.3. The molecule has 1 saturated heterocycles. The highest BCUT2D eigenvalue weighted by Crippen LogP contribution is 2.35. The van der Waals surface area contributed by atoms with E-state index in [2.05, 4.69) is 50.6 Å². The lowest BCUT2D eigenvalue weighted by molar-refractivity contribution is 0.366. The molecule has 4 rings (SSSR count). The van der Waals surface area contributed by atoms with Crippen molar-refractivity contribution in [3.05, 3.63) is 53.9 Å². The number of nitrogens with one attached hydrogen (secondary N) is 2. The molecule has 2 unspecified atom stereocenters. The first-order chi connectivity index (χ1) is 10.8. The van der Waals surface area contributed by atoms with Gasteiger partial charge >= 0.3 is 0 Å². The molecular weight excluding hydrogens is 274 g/mol. The summed E-state index contributed by atoms with van der Waals surface area (Å²) in [6.45, 7) is 0.982. The van der Waals surface area contributed by atoms with Crippen LogP contribution in [0.2, 0.25) is 0 Å². The summed E-state index contributed by atoms with van der Waals surface area (Å²) in [6.07, 6.45) is 3.99. The Bertz CT molecular complexity index is 780. The predicted octanol–water partition coefficient (Wildman–Crippen LogP) is 2.75. The zero-order chi connectivity index (χ0) is 14.9. The molecule has 0 saturated carbocycles. The SMILES string of the molecule is Nc1nc(C2CCNC(c3ccccc3)C2)c2[nH]ccc2n1. The second-order valence-electron chi connectivity index (χ2n) is 5.84. The van der Waals surface area contributed by atoms with Crippen molar-refractivity contribution in [2.24, 2.45) is 0 Å². The summed E-state index contributed by atoms with van der Waals surface area (Å²) in [7, 11) is 0. The van der Waals surface area contributed by atoms with E-state index in [1.165, 1.54) is 5.56 Å². The van der Waals surface area contributed by atoms with E-state index in [1.807, 2.05) is 12.3 Å². The highest BCUT2D eigenvalue weighted by molar-refractivity contribution is 5.78. The van der Waals surface area contributed by atoms with Crippen molar-refractivity contribution >= 4 is 17.0 Å². The number of nitrogens with zero attached hydrogens (tertiary/aromatic N) is 2. The van der Waals surface area contributed by atoms with Gasteiger partial charge < -0.3 is 16.0 Å². The summed E-state index contributed by atoms with van der Waals surface area (Å²) in [5, 5.41) is 3.61. The number of aromatic amines is 1. The van der Waals surface area contributed by atoms with Crippen molar-refractivity contribution in [2.45, 2.75) is 24.8 Å². The van der Waals surface area contributed by atoms with Crippen molar-refractivity contribution in [3.8, 4) is 0 Å². The monoisotopic (exact) mass is 293 g/mol. The Kier molecular flexibility index (Phi) is 3.27. The number of hydrogen-bond acceptors (Lipinski definition) is 4. The molecular formula is C17H19N5. The van der Waals surface area contributed by atoms with E-state index in [0.717, 1.165) is 36.1 Å². The van der Waals surface area contributed by atoms with Crippen molar-refractivity contribution in [1.29, 1.82) is 0 Å². The Morgan fingerprint density at radius 1 is 1.09 bits per heavy atom. The number of nitrogen functional groups attached to an aromatic ring is 1. The standard InChI is InChI=1S/C17H19N5/c18-17-21-13-7-9-20-16(13)15(22-17)12-6-8-19-14(10-12)11-4-2-1-3-5-11/h1-5,7,9,12,14,19-20H,6,8,10H2,(H2,18,21,22). The van der Waals surface area contributed by atoms with Crippen LogP contribution in [-0.2, 0) is 0 Å². The maximum atomic E-state index is 5.88. The van der Waals surface area contributed by atoms with Crippen LogP contribution < -0.4 is 11.1 Å². The smallest absolute Gasteiger partial charge is 0.220 e. The minimum Gasteiger partial charge on any atom is -0.368 e. The molecule has 5 heteroatoms. The van der Waals surface area contributed by atoms with Crippen LogP contribution in [0.3, 0.4) is 0 Å². The van der Waals surface area contributed by atoms with Gasteiger partial charge in [0.15, 0.2) is 0 Å². The van der Waals surface area contributed by atoms with Gasteiger partial charge in [0.05, 0.1) is 16.7 Å². The Balaban J connectivity index is 1.68. The van der Waals surface area contributed by atoms with E-state index >= 15 is 0 Å². The molecule has 22 heavy (non-hydrogen) atoms. The summed E-state index contributed by atoms with van der Waals surface area (Å²) in [4.78, 5) is 12.1. The van der Waals surface area contributed by atoms with Crippen molar-refractivity contribution in [1.82, 2.24) is 20.3 Å². The number of piperidine rings is 1. The average Bonchev–Trinajstić information content (AvgIpc) is 3.03. The largest absolute Gasteiger partial charge is 0.368 e. The fraction of sp³-hybridized carbons (Fsp3) is 0.294. The third kappa shape index (κ3) is 2.33. The summed E-state index contributed by atoms with van der Waals surface area (Å²) < 4.78 is 0. The summed E-state index contributed by atoms with van der Waals surface area (Å²) in [6, 6.07) is 12.9. The summed E-state index contributed by atoms with van der Waals surface area (Å²) in [5.74, 6) is 0.745. The molecule has 3 heterocycles. The van der Waals surface area contributed by atoms with Crippen LogP contribution >= 0.6 is 0 Å². The minimum absolute atomic E-state index is 0.358. The van der Waals surface area contributed by atoms with Crippen molar-refractivity contribution in [3.63, 3.8) is 0 Å². The number of anilines is 1. The average molecular weight is 293 g/mol. The van der Waals surface area contributed by atoms with Gasteiger partial charge in [0.2, 0.25) is 5.95 Å². The van der Waals surface area contributed by atoms with E-state index in [1.54, 1.807) is 0 Å². The van der Waals surface area contributed by atoms with Crippen LogP contribution in [0.4, 0.5) is 5.95 Å². The molecule has 5 nitrogen and oxygen atoms in total. The molecule has 0 bridgehead atoms. The zero-order valence-electron chi connectivity index (χ0n) is 12.3. The Hall–Kier alpha value is -2.40. The van der Waals surface area contributed by atoms with E-state index in [0.29, 0.717) is 17.9 Å². The summed E-state index contributed by atoms with van der Waals surface area (Å²) >= 11 is 0. The van der Waals surface area contributed by atoms with Crippen molar-refractivity contribution in [2.75, 3.05) is 12.3 Å². The van der Waals surface area contributed by atoms with E-state index < -0.39 is 0 Å². The third-order valence-electron chi connectivity index (χ3n) is 4.44. The number of H-pyrrole nitrogens is 1. The number of hydrogen-bond donors (Lipinski definition) is 3. The molecule has 0 aliphatic carbocycles. The predicted molar refractivity (Wildman–Crippen MR) is 87.5 cm³/mol. The van der Waals surface area contributed by atoms with Crippen LogP contribution in [-0.4, -0.2) is 21.5 Å². The van der Waals surface area contributed by atoms with Gasteiger partial charge in [-0.25, -0.2) is 9.97 Å². The van der Waals surface area contributed by atoms with E-state index in [-0.39, 0.29) is 0 Å². The molecule has 0 amide bonds. The van der Waals surface area contributed by atoms with Crippen LogP contribution in [0.25, 0.3) is 11.0 Å². The minimum atomic E-state index is 0.358. The fourth-order valence-electron chi connectivity index (χ4n) is 3.39. The molecule has 1 aliphatic heterocycles. The van der Waals surface area contributed by atoms with Gasteiger partial charge in [-0.05, 0) is 31.0 Å². The molecule has 4 N–H and O–H groups in total. The highest BCUT2D eigenvalue weighted by Gasteiger charge is 2.27. The van der Waals surface area contributed by atoms with Gasteiger partial charge in [0.1, 0.15) is 0 Å². The third-order valence-corrected chi connectivity index (χ3v) is 4.44. The highest BCUT2D eigenvalue weighted by atomic mass is 15.0. The van der Waals surface area contributed by atoms with Gasteiger partial charge in [0.25, 0.3) is 0 Å². The number of nitrogens with two attached hydrogens (primary N) is 1. The molecule has 112 valence electrons. The lowest BCUT2D eigenvalue weighted by Gasteiger charge is -2.30. The van der Waals surface area contributed by atoms with Gasteiger partial charge in [-0.3, -0.25) is 0 Å². The normalized spacial score (nSPS) is 22.0. The fourth-order valence-corrected chi connectivity index (χ4v) is 3.39. The van der Waals surface area contributed by atoms with Crippen molar-refractivity contribution < 1.29 is 0 Å². The molecule has 2 atom stereocenters. The van der Waals surface area contributed by atoms with E-state index in [4.69, 9.17) is 5.73 Å². The molecule has 1 aliphatic rings. The van der Waals surface area contributed by atoms with Crippen LogP contribution in [0.1, 0.15) is 36.1 Å². The number of rotatable bonds is 2. The second-order valence-corrected chi connectivity index (χ2v) is 5.84. The molecule has 1 fully saturated rings. The Morgan fingerprint density at radius 2 is 1.95 bits per heavy atom. The van der Waals surface area contributed by atoms with Gasteiger partial charge in [-0.1, -0.05) is 30.3 Å². The Labute approximate surface area is 129 Å². The molecule has 1 aromatic carbocycles. The maximum absolute atomic E-state index is 5.88. The number of aromatic nitrogens is 3. The van der Waals surface area contributed by atoms with Gasteiger partial charge in [-0.2, -0.15) is 0 Å². The molecule has 0 radical (unpaired) electrons. The lowest BCUT2D eigenvalue weighted by atomic mass is 9.86. The Morgan fingerprint density at radius 3 is 2.82 bits per heavy atom.